The fraction of sp³-hybridized carbons (Fsp3) is 0.500. The number of aromatic nitrogens is 3. The first kappa shape index (κ1) is 9.78. The van der Waals surface area contributed by atoms with Crippen LogP contribution in [0.4, 0.5) is 0 Å². The van der Waals surface area contributed by atoms with Crippen molar-refractivity contribution >= 4 is 11.0 Å². The highest BCUT2D eigenvalue weighted by Crippen LogP contribution is 2.38. The summed E-state index contributed by atoms with van der Waals surface area (Å²) in [6.07, 6.45) is 7.05. The summed E-state index contributed by atoms with van der Waals surface area (Å²) in [5.74, 6) is 1.11. The molecular formula is C12H16N4. The maximum Gasteiger partial charge on any atom is 0.111 e. The molecule has 0 bridgehead atoms. The number of fused-ring (bicyclic) bond motifs is 1. The van der Waals surface area contributed by atoms with Crippen LogP contribution in [-0.4, -0.2) is 20.6 Å². The number of nitrogens with two attached hydrogens (primary N) is 1. The molecule has 0 spiro atoms. The van der Waals surface area contributed by atoms with Gasteiger partial charge in [-0.25, -0.2) is 4.98 Å². The average molecular weight is 216 g/mol. The van der Waals surface area contributed by atoms with E-state index in [1.54, 1.807) is 6.20 Å². The van der Waals surface area contributed by atoms with E-state index in [-0.39, 0.29) is 6.04 Å². The summed E-state index contributed by atoms with van der Waals surface area (Å²) < 4.78 is 2.33. The van der Waals surface area contributed by atoms with Crippen molar-refractivity contribution in [3.63, 3.8) is 0 Å². The van der Waals surface area contributed by atoms with Crippen molar-refractivity contribution < 1.29 is 0 Å². The number of pyridine rings is 1. The molecule has 2 heterocycles. The van der Waals surface area contributed by atoms with Crippen molar-refractivity contribution in [2.24, 2.45) is 5.73 Å². The standard InChI is InChI=1S/C12H16N4/c1-8(13)6-12-15-10-4-5-14-7-11(10)16(12)9-2-3-9/h4-5,7-9H,2-3,6,13H2,1H3. The average Bonchev–Trinajstić information content (AvgIpc) is 3.00. The molecule has 2 N–H and O–H groups in total. The Morgan fingerprint density at radius 1 is 1.56 bits per heavy atom. The van der Waals surface area contributed by atoms with Gasteiger partial charge in [-0.3, -0.25) is 4.98 Å². The predicted octanol–water partition coefficient (Wildman–Crippen LogP) is 1.66. The van der Waals surface area contributed by atoms with Crippen molar-refractivity contribution in [1.82, 2.24) is 14.5 Å². The molecule has 1 aliphatic carbocycles. The summed E-state index contributed by atoms with van der Waals surface area (Å²) in [4.78, 5) is 8.84. The molecule has 0 saturated heterocycles. The monoisotopic (exact) mass is 216 g/mol. The minimum absolute atomic E-state index is 0.155. The van der Waals surface area contributed by atoms with Crippen LogP contribution in [0.25, 0.3) is 11.0 Å². The minimum atomic E-state index is 0.155. The van der Waals surface area contributed by atoms with Gasteiger partial charge in [0.25, 0.3) is 0 Å². The number of rotatable bonds is 3. The van der Waals surface area contributed by atoms with Gasteiger partial charge in [0.2, 0.25) is 0 Å². The number of hydrogen-bond donors (Lipinski definition) is 1. The van der Waals surface area contributed by atoms with E-state index >= 15 is 0 Å². The van der Waals surface area contributed by atoms with E-state index in [9.17, 15) is 0 Å². The second kappa shape index (κ2) is 3.56. The maximum absolute atomic E-state index is 5.87. The minimum Gasteiger partial charge on any atom is -0.328 e. The van der Waals surface area contributed by atoms with E-state index in [4.69, 9.17) is 5.73 Å². The molecule has 0 aliphatic heterocycles. The van der Waals surface area contributed by atoms with Gasteiger partial charge in [0.1, 0.15) is 5.82 Å². The molecule has 2 aromatic rings. The van der Waals surface area contributed by atoms with Gasteiger partial charge in [0.15, 0.2) is 0 Å². The SMILES string of the molecule is CC(N)Cc1nc2ccncc2n1C1CC1. The first-order valence-electron chi connectivity index (χ1n) is 5.82. The first-order valence-corrected chi connectivity index (χ1v) is 5.82. The molecule has 16 heavy (non-hydrogen) atoms. The van der Waals surface area contributed by atoms with Crippen LogP contribution in [0.1, 0.15) is 31.6 Å². The summed E-state index contributed by atoms with van der Waals surface area (Å²) in [6, 6.07) is 2.75. The van der Waals surface area contributed by atoms with E-state index in [1.807, 2.05) is 19.2 Å². The second-order valence-corrected chi connectivity index (χ2v) is 4.68. The third-order valence-corrected chi connectivity index (χ3v) is 2.98. The fourth-order valence-corrected chi connectivity index (χ4v) is 2.16. The van der Waals surface area contributed by atoms with E-state index in [1.165, 1.54) is 12.8 Å². The Balaban J connectivity index is 2.14. The van der Waals surface area contributed by atoms with Crippen LogP contribution in [0.15, 0.2) is 18.5 Å². The Morgan fingerprint density at radius 2 is 2.38 bits per heavy atom. The lowest BCUT2D eigenvalue weighted by molar-refractivity contribution is 0.638. The third-order valence-electron chi connectivity index (χ3n) is 2.98. The highest BCUT2D eigenvalue weighted by atomic mass is 15.1. The normalized spacial score (nSPS) is 17.9. The fourth-order valence-electron chi connectivity index (χ4n) is 2.16. The lowest BCUT2D eigenvalue weighted by Crippen LogP contribution is -2.20. The van der Waals surface area contributed by atoms with Gasteiger partial charge < -0.3 is 10.3 Å². The smallest absolute Gasteiger partial charge is 0.111 e. The van der Waals surface area contributed by atoms with Gasteiger partial charge in [-0.15, -0.1) is 0 Å². The molecule has 1 fully saturated rings. The van der Waals surface area contributed by atoms with E-state index in [0.717, 1.165) is 23.3 Å². The van der Waals surface area contributed by atoms with Crippen LogP contribution in [0.3, 0.4) is 0 Å². The van der Waals surface area contributed by atoms with Gasteiger partial charge in [-0.05, 0) is 25.8 Å². The molecule has 1 unspecified atom stereocenters. The molecule has 1 atom stereocenters. The zero-order chi connectivity index (χ0) is 11.1. The summed E-state index contributed by atoms with van der Waals surface area (Å²) in [7, 11) is 0. The molecule has 4 heteroatoms. The highest BCUT2D eigenvalue weighted by Gasteiger charge is 2.28. The van der Waals surface area contributed by atoms with Gasteiger partial charge >= 0.3 is 0 Å². The Hall–Kier alpha value is -1.42. The van der Waals surface area contributed by atoms with Crippen molar-refractivity contribution in [2.75, 3.05) is 0 Å². The molecule has 3 rings (SSSR count). The third kappa shape index (κ3) is 1.59. The van der Waals surface area contributed by atoms with Gasteiger partial charge in [-0.2, -0.15) is 0 Å². The molecule has 4 nitrogen and oxygen atoms in total. The lowest BCUT2D eigenvalue weighted by atomic mass is 10.2. The molecule has 0 radical (unpaired) electrons. The topological polar surface area (TPSA) is 56.7 Å². The van der Waals surface area contributed by atoms with Crippen molar-refractivity contribution in [2.45, 2.75) is 38.3 Å². The van der Waals surface area contributed by atoms with E-state index in [0.29, 0.717) is 6.04 Å². The summed E-state index contributed by atoms with van der Waals surface area (Å²) in [5, 5.41) is 0. The summed E-state index contributed by atoms with van der Waals surface area (Å²) in [5.41, 5.74) is 8.06. The van der Waals surface area contributed by atoms with Crippen LogP contribution in [-0.2, 0) is 6.42 Å². The Bertz CT molecular complexity index is 511. The molecular weight excluding hydrogens is 200 g/mol. The Morgan fingerprint density at radius 3 is 3.06 bits per heavy atom. The van der Waals surface area contributed by atoms with Crippen LogP contribution in [0.5, 0.6) is 0 Å². The molecule has 1 aliphatic rings. The van der Waals surface area contributed by atoms with Gasteiger partial charge in [0, 0.05) is 24.7 Å². The van der Waals surface area contributed by atoms with Gasteiger partial charge in [-0.1, -0.05) is 0 Å². The number of hydrogen-bond acceptors (Lipinski definition) is 3. The van der Waals surface area contributed by atoms with E-state index in [2.05, 4.69) is 14.5 Å². The number of imidazole rings is 1. The molecule has 2 aromatic heterocycles. The quantitative estimate of drug-likeness (QED) is 0.848. The molecule has 1 saturated carbocycles. The lowest BCUT2D eigenvalue weighted by Gasteiger charge is -2.08. The summed E-state index contributed by atoms with van der Waals surface area (Å²) >= 11 is 0. The van der Waals surface area contributed by atoms with Crippen LogP contribution in [0, 0.1) is 0 Å². The van der Waals surface area contributed by atoms with Crippen LogP contribution < -0.4 is 5.73 Å². The second-order valence-electron chi connectivity index (χ2n) is 4.68. The van der Waals surface area contributed by atoms with Crippen molar-refractivity contribution in [3.8, 4) is 0 Å². The first-order chi connectivity index (χ1) is 7.75. The maximum atomic E-state index is 5.87. The van der Waals surface area contributed by atoms with Crippen LogP contribution in [0.2, 0.25) is 0 Å². The Kier molecular flexibility index (Phi) is 2.17. The van der Waals surface area contributed by atoms with Crippen LogP contribution >= 0.6 is 0 Å². The zero-order valence-electron chi connectivity index (χ0n) is 9.43. The largest absolute Gasteiger partial charge is 0.328 e. The predicted molar refractivity (Wildman–Crippen MR) is 63.2 cm³/mol. The Labute approximate surface area is 94.5 Å². The number of nitrogens with zero attached hydrogens (tertiary/aromatic N) is 3. The van der Waals surface area contributed by atoms with Crippen molar-refractivity contribution in [3.05, 3.63) is 24.3 Å². The van der Waals surface area contributed by atoms with Gasteiger partial charge in [0.05, 0.1) is 17.2 Å². The molecule has 0 aromatic carbocycles. The molecule has 0 amide bonds. The van der Waals surface area contributed by atoms with Crippen molar-refractivity contribution in [1.29, 1.82) is 0 Å². The zero-order valence-corrected chi connectivity index (χ0v) is 9.43. The van der Waals surface area contributed by atoms with E-state index < -0.39 is 0 Å². The highest BCUT2D eigenvalue weighted by molar-refractivity contribution is 5.75. The summed E-state index contributed by atoms with van der Waals surface area (Å²) in [6.45, 7) is 2.02. The molecule has 84 valence electrons.